The molecule has 0 aliphatic rings. The van der Waals surface area contributed by atoms with Crippen LogP contribution >= 0.6 is 11.3 Å². The lowest BCUT2D eigenvalue weighted by molar-refractivity contribution is -0.123. The van der Waals surface area contributed by atoms with Gasteiger partial charge in [-0.2, -0.15) is 0 Å². The molecule has 0 bridgehead atoms. The summed E-state index contributed by atoms with van der Waals surface area (Å²) in [6, 6.07) is 5.59. The molecule has 2 aromatic rings. The van der Waals surface area contributed by atoms with Crippen molar-refractivity contribution >= 4 is 23.2 Å². The van der Waals surface area contributed by atoms with Gasteiger partial charge < -0.3 is 10.6 Å². The van der Waals surface area contributed by atoms with Crippen LogP contribution in [0, 0.1) is 11.6 Å². The average molecular weight is 338 g/mol. The molecule has 0 spiro atoms. The molecule has 0 saturated heterocycles. The highest BCUT2D eigenvalue weighted by molar-refractivity contribution is 7.12. The van der Waals surface area contributed by atoms with Crippen LogP contribution in [0.5, 0.6) is 0 Å². The quantitative estimate of drug-likeness (QED) is 0.880. The van der Waals surface area contributed by atoms with Crippen molar-refractivity contribution in [3.63, 3.8) is 0 Å². The van der Waals surface area contributed by atoms with Crippen LogP contribution in [0.4, 0.5) is 8.78 Å². The second-order valence-corrected chi connectivity index (χ2v) is 6.02. The van der Waals surface area contributed by atoms with Crippen molar-refractivity contribution < 1.29 is 18.4 Å². The predicted octanol–water partition coefficient (Wildman–Crippen LogP) is 3.02. The Labute approximate surface area is 136 Å². The van der Waals surface area contributed by atoms with Crippen molar-refractivity contribution in [1.82, 2.24) is 10.6 Å². The predicted molar refractivity (Wildman–Crippen MR) is 84.2 cm³/mol. The maximum absolute atomic E-state index is 13.2. The van der Waals surface area contributed by atoms with Gasteiger partial charge in [0, 0.05) is 0 Å². The molecule has 4 nitrogen and oxygen atoms in total. The molecule has 0 radical (unpaired) electrons. The van der Waals surface area contributed by atoms with Gasteiger partial charge in [0.15, 0.2) is 11.6 Å². The topological polar surface area (TPSA) is 58.2 Å². The number of halogens is 2. The molecule has 23 heavy (non-hydrogen) atoms. The Morgan fingerprint density at radius 2 is 1.83 bits per heavy atom. The fraction of sp³-hybridized carbons (Fsp3) is 0.250. The highest BCUT2D eigenvalue weighted by Gasteiger charge is 2.19. The van der Waals surface area contributed by atoms with Gasteiger partial charge in [-0.05, 0) is 43.0 Å². The summed E-state index contributed by atoms with van der Waals surface area (Å²) in [5.74, 6) is -2.65. The molecule has 0 aliphatic carbocycles. The first-order chi connectivity index (χ1) is 10.9. The molecular weight excluding hydrogens is 322 g/mol. The summed E-state index contributed by atoms with van der Waals surface area (Å²) in [6.07, 6.45) is 0. The summed E-state index contributed by atoms with van der Waals surface area (Å²) < 4.78 is 26.1. The molecule has 2 rings (SSSR count). The third kappa shape index (κ3) is 4.35. The first-order valence-electron chi connectivity index (χ1n) is 6.98. The van der Waals surface area contributed by atoms with Crippen molar-refractivity contribution in [2.24, 2.45) is 0 Å². The fourth-order valence-corrected chi connectivity index (χ4v) is 2.57. The lowest BCUT2D eigenvalue weighted by Gasteiger charge is -2.18. The smallest absolute Gasteiger partial charge is 0.261 e. The lowest BCUT2D eigenvalue weighted by Crippen LogP contribution is -2.45. The van der Waals surface area contributed by atoms with Gasteiger partial charge in [0.25, 0.3) is 5.91 Å². The van der Waals surface area contributed by atoms with Crippen LogP contribution in [-0.2, 0) is 4.79 Å². The van der Waals surface area contributed by atoms with Gasteiger partial charge in [-0.15, -0.1) is 11.3 Å². The fourth-order valence-electron chi connectivity index (χ4n) is 1.94. The first kappa shape index (κ1) is 17.1. The second-order valence-electron chi connectivity index (χ2n) is 5.08. The Kier molecular flexibility index (Phi) is 5.44. The van der Waals surface area contributed by atoms with E-state index in [-0.39, 0.29) is 5.91 Å². The summed E-state index contributed by atoms with van der Waals surface area (Å²) in [5.41, 5.74) is 0.439. The van der Waals surface area contributed by atoms with Gasteiger partial charge in [0.1, 0.15) is 6.04 Å². The van der Waals surface area contributed by atoms with Crippen molar-refractivity contribution in [2.75, 3.05) is 0 Å². The van der Waals surface area contributed by atoms with E-state index in [2.05, 4.69) is 10.6 Å². The van der Waals surface area contributed by atoms with Gasteiger partial charge in [0.05, 0.1) is 10.9 Å². The third-order valence-electron chi connectivity index (χ3n) is 3.29. The zero-order valence-corrected chi connectivity index (χ0v) is 13.4. The van der Waals surface area contributed by atoms with Gasteiger partial charge >= 0.3 is 0 Å². The van der Waals surface area contributed by atoms with Crippen LogP contribution in [0.25, 0.3) is 0 Å². The number of hydrogen-bond donors (Lipinski definition) is 2. The maximum Gasteiger partial charge on any atom is 0.261 e. The number of thiophene rings is 1. The van der Waals surface area contributed by atoms with Crippen molar-refractivity contribution in [3.05, 3.63) is 57.8 Å². The molecule has 2 unspecified atom stereocenters. The summed E-state index contributed by atoms with van der Waals surface area (Å²) in [4.78, 5) is 24.5. The van der Waals surface area contributed by atoms with Gasteiger partial charge in [-0.1, -0.05) is 12.1 Å². The minimum atomic E-state index is -0.970. The van der Waals surface area contributed by atoms with Crippen LogP contribution in [0.1, 0.15) is 35.1 Å². The summed E-state index contributed by atoms with van der Waals surface area (Å²) in [6.45, 7) is 3.21. The molecule has 0 fully saturated rings. The summed E-state index contributed by atoms with van der Waals surface area (Å²) in [7, 11) is 0. The van der Waals surface area contributed by atoms with Crippen LogP contribution in [0.15, 0.2) is 35.7 Å². The van der Waals surface area contributed by atoms with E-state index in [1.54, 1.807) is 31.4 Å². The second kappa shape index (κ2) is 7.32. The number of benzene rings is 1. The van der Waals surface area contributed by atoms with E-state index in [0.717, 1.165) is 12.1 Å². The normalized spacial score (nSPS) is 13.2. The number of rotatable bonds is 5. The summed E-state index contributed by atoms with van der Waals surface area (Å²) >= 11 is 1.28. The Morgan fingerprint density at radius 3 is 2.43 bits per heavy atom. The van der Waals surface area contributed by atoms with E-state index >= 15 is 0 Å². The van der Waals surface area contributed by atoms with Gasteiger partial charge in [-0.3, -0.25) is 9.59 Å². The Balaban J connectivity index is 1.94. The average Bonchev–Trinajstić information content (AvgIpc) is 3.04. The van der Waals surface area contributed by atoms with E-state index in [4.69, 9.17) is 0 Å². The number of nitrogens with one attached hydrogen (secondary N) is 2. The largest absolute Gasteiger partial charge is 0.348 e. The standard InChI is InChI=1S/C16H16F2N2O2S/c1-9(11-5-6-12(17)13(18)8-11)19-15(21)10(2)20-16(22)14-4-3-7-23-14/h3-10H,1-2H3,(H,19,21)(H,20,22). The van der Waals surface area contributed by atoms with Crippen molar-refractivity contribution in [1.29, 1.82) is 0 Å². The van der Waals surface area contributed by atoms with Crippen LogP contribution in [0.3, 0.4) is 0 Å². The number of amides is 2. The molecular formula is C16H16F2N2O2S. The Bertz CT molecular complexity index is 704. The molecule has 1 heterocycles. The SMILES string of the molecule is CC(NC(=O)c1cccs1)C(=O)NC(C)c1ccc(F)c(F)c1. The number of carbonyl (C=O) groups excluding carboxylic acids is 2. The highest BCUT2D eigenvalue weighted by Crippen LogP contribution is 2.16. The summed E-state index contributed by atoms with van der Waals surface area (Å²) in [5, 5.41) is 7.01. The van der Waals surface area contributed by atoms with Crippen LogP contribution in [0.2, 0.25) is 0 Å². The molecule has 2 atom stereocenters. The molecule has 1 aromatic carbocycles. The van der Waals surface area contributed by atoms with E-state index in [9.17, 15) is 18.4 Å². The van der Waals surface area contributed by atoms with E-state index in [0.29, 0.717) is 10.4 Å². The van der Waals surface area contributed by atoms with Gasteiger partial charge in [-0.25, -0.2) is 8.78 Å². The van der Waals surface area contributed by atoms with Crippen LogP contribution in [-0.4, -0.2) is 17.9 Å². The zero-order chi connectivity index (χ0) is 17.0. The van der Waals surface area contributed by atoms with E-state index < -0.39 is 29.6 Å². The minimum Gasteiger partial charge on any atom is -0.348 e. The van der Waals surface area contributed by atoms with Crippen molar-refractivity contribution in [3.8, 4) is 0 Å². The molecule has 0 saturated carbocycles. The Hall–Kier alpha value is -2.28. The maximum atomic E-state index is 13.2. The van der Waals surface area contributed by atoms with Crippen LogP contribution < -0.4 is 10.6 Å². The minimum absolute atomic E-state index is 0.330. The van der Waals surface area contributed by atoms with E-state index in [1.165, 1.54) is 17.4 Å². The molecule has 2 N–H and O–H groups in total. The third-order valence-corrected chi connectivity index (χ3v) is 4.16. The zero-order valence-electron chi connectivity index (χ0n) is 12.6. The van der Waals surface area contributed by atoms with Crippen molar-refractivity contribution in [2.45, 2.75) is 25.9 Å². The Morgan fingerprint density at radius 1 is 1.09 bits per heavy atom. The highest BCUT2D eigenvalue weighted by atomic mass is 32.1. The number of carbonyl (C=O) groups is 2. The molecule has 7 heteroatoms. The monoisotopic (exact) mass is 338 g/mol. The lowest BCUT2D eigenvalue weighted by atomic mass is 10.1. The van der Waals surface area contributed by atoms with E-state index in [1.807, 2.05) is 0 Å². The molecule has 0 aliphatic heterocycles. The number of hydrogen-bond acceptors (Lipinski definition) is 3. The first-order valence-corrected chi connectivity index (χ1v) is 7.86. The molecule has 1 aromatic heterocycles. The molecule has 122 valence electrons. The van der Waals surface area contributed by atoms with Gasteiger partial charge in [0.2, 0.25) is 5.91 Å². The molecule has 2 amide bonds.